The number of carbonyl (C=O) groups is 1. The highest BCUT2D eigenvalue weighted by Gasteiger charge is 2.11. The van der Waals surface area contributed by atoms with E-state index in [0.29, 0.717) is 19.6 Å². The molecule has 1 amide bonds. The predicted octanol–water partition coefficient (Wildman–Crippen LogP) is 2.74. The lowest BCUT2D eigenvalue weighted by molar-refractivity contribution is 0.0946. The summed E-state index contributed by atoms with van der Waals surface area (Å²) in [4.78, 5) is 20.4. The lowest BCUT2D eigenvalue weighted by Gasteiger charge is -2.06. The number of aromatic hydroxyl groups is 1. The number of aryl methyl sites for hydroxylation is 1. The van der Waals surface area contributed by atoms with Crippen molar-refractivity contribution in [2.75, 3.05) is 13.1 Å². The van der Waals surface area contributed by atoms with Crippen LogP contribution in [0.5, 0.6) is 5.75 Å². The van der Waals surface area contributed by atoms with Gasteiger partial charge in [-0.1, -0.05) is 29.8 Å². The highest BCUT2D eigenvalue weighted by atomic mass is 32.1. The van der Waals surface area contributed by atoms with Crippen LogP contribution in [0.2, 0.25) is 0 Å². The number of carbonyl (C=O) groups excluding carboxylic acids is 1. The van der Waals surface area contributed by atoms with Crippen molar-refractivity contribution >= 4 is 17.2 Å². The van der Waals surface area contributed by atoms with Gasteiger partial charge in [0.15, 0.2) is 5.69 Å². The number of benzene rings is 1. The highest BCUT2D eigenvalue weighted by Crippen LogP contribution is 2.23. The Morgan fingerprint density at radius 2 is 2.00 bits per heavy atom. The number of pyridine rings is 1. The molecular formula is C19H20N4O2S. The molecule has 0 radical (unpaired) electrons. The largest absolute Gasteiger partial charge is 0.505 e. The standard InChI is InChI=1S/C19H20N4O2S/c1-13-4-6-14(7-5-13)19-23-15(12-26-19)11-20-9-10-22-18(25)17-16(24)3-2-8-21-17/h2-8,12,20,24H,9-11H2,1H3,(H,22,25). The van der Waals surface area contributed by atoms with Crippen molar-refractivity contribution in [3.05, 3.63) is 64.9 Å². The van der Waals surface area contributed by atoms with Crippen molar-refractivity contribution in [3.8, 4) is 16.3 Å². The normalized spacial score (nSPS) is 10.7. The van der Waals surface area contributed by atoms with Crippen molar-refractivity contribution in [3.63, 3.8) is 0 Å². The molecule has 0 unspecified atom stereocenters. The first-order valence-corrected chi connectivity index (χ1v) is 9.16. The van der Waals surface area contributed by atoms with Gasteiger partial charge in [-0.3, -0.25) is 4.79 Å². The van der Waals surface area contributed by atoms with Gasteiger partial charge in [0.2, 0.25) is 0 Å². The quantitative estimate of drug-likeness (QED) is 0.558. The fraction of sp³-hybridized carbons (Fsp3) is 0.211. The van der Waals surface area contributed by atoms with Crippen LogP contribution in [0.25, 0.3) is 10.6 Å². The lowest BCUT2D eigenvalue weighted by atomic mass is 10.2. The van der Waals surface area contributed by atoms with Crippen LogP contribution in [0.1, 0.15) is 21.7 Å². The van der Waals surface area contributed by atoms with Gasteiger partial charge in [-0.25, -0.2) is 9.97 Å². The van der Waals surface area contributed by atoms with E-state index in [1.165, 1.54) is 17.8 Å². The van der Waals surface area contributed by atoms with E-state index in [4.69, 9.17) is 0 Å². The van der Waals surface area contributed by atoms with Crippen molar-refractivity contribution in [2.24, 2.45) is 0 Å². The van der Waals surface area contributed by atoms with Gasteiger partial charge in [-0.05, 0) is 19.1 Å². The van der Waals surface area contributed by atoms with Crippen molar-refractivity contribution in [1.29, 1.82) is 0 Å². The number of hydrogen-bond donors (Lipinski definition) is 3. The SMILES string of the molecule is Cc1ccc(-c2nc(CNCCNC(=O)c3ncccc3O)cs2)cc1. The van der Waals surface area contributed by atoms with Gasteiger partial charge in [-0.15, -0.1) is 11.3 Å². The number of nitrogens with one attached hydrogen (secondary N) is 2. The van der Waals surface area contributed by atoms with Crippen LogP contribution in [0, 0.1) is 6.92 Å². The molecule has 3 N–H and O–H groups in total. The lowest BCUT2D eigenvalue weighted by Crippen LogP contribution is -2.32. The van der Waals surface area contributed by atoms with Gasteiger partial charge in [0.1, 0.15) is 10.8 Å². The minimum absolute atomic E-state index is 0.0368. The topological polar surface area (TPSA) is 87.1 Å². The molecule has 0 spiro atoms. The minimum Gasteiger partial charge on any atom is -0.505 e. The van der Waals surface area contributed by atoms with Gasteiger partial charge in [0.25, 0.3) is 5.91 Å². The van der Waals surface area contributed by atoms with Crippen LogP contribution in [-0.4, -0.2) is 34.1 Å². The third-order valence-corrected chi connectivity index (χ3v) is 4.69. The van der Waals surface area contributed by atoms with E-state index in [1.807, 2.05) is 5.38 Å². The summed E-state index contributed by atoms with van der Waals surface area (Å²) in [6.45, 7) is 3.72. The maximum atomic E-state index is 11.9. The predicted molar refractivity (Wildman–Crippen MR) is 102 cm³/mol. The minimum atomic E-state index is -0.389. The van der Waals surface area contributed by atoms with Crippen molar-refractivity contribution < 1.29 is 9.90 Å². The molecule has 7 heteroatoms. The third kappa shape index (κ3) is 4.65. The fourth-order valence-electron chi connectivity index (χ4n) is 2.35. The summed E-state index contributed by atoms with van der Waals surface area (Å²) in [7, 11) is 0. The molecule has 134 valence electrons. The fourth-order valence-corrected chi connectivity index (χ4v) is 3.18. The molecule has 2 heterocycles. The van der Waals surface area contributed by atoms with Crippen LogP contribution < -0.4 is 10.6 Å². The first-order chi connectivity index (χ1) is 12.6. The third-order valence-electron chi connectivity index (χ3n) is 3.75. The maximum Gasteiger partial charge on any atom is 0.273 e. The Labute approximate surface area is 156 Å². The van der Waals surface area contributed by atoms with Gasteiger partial charge < -0.3 is 15.7 Å². The summed E-state index contributed by atoms with van der Waals surface area (Å²) in [6.07, 6.45) is 1.47. The number of nitrogens with zero attached hydrogens (tertiary/aromatic N) is 2. The zero-order chi connectivity index (χ0) is 18.4. The number of rotatable bonds is 7. The molecule has 26 heavy (non-hydrogen) atoms. The molecule has 3 rings (SSSR count). The second kappa shape index (κ2) is 8.55. The van der Waals surface area contributed by atoms with Gasteiger partial charge in [0.05, 0.1) is 5.69 Å². The molecule has 0 bridgehead atoms. The van der Waals surface area contributed by atoms with Crippen molar-refractivity contribution in [2.45, 2.75) is 13.5 Å². The molecule has 0 aliphatic heterocycles. The average Bonchev–Trinajstić information content (AvgIpc) is 3.11. The van der Waals surface area contributed by atoms with E-state index in [-0.39, 0.29) is 17.4 Å². The first-order valence-electron chi connectivity index (χ1n) is 8.28. The Morgan fingerprint density at radius 1 is 1.19 bits per heavy atom. The van der Waals surface area contributed by atoms with E-state index in [0.717, 1.165) is 16.3 Å². The molecular weight excluding hydrogens is 348 g/mol. The summed E-state index contributed by atoms with van der Waals surface area (Å²) >= 11 is 1.62. The molecule has 1 aromatic carbocycles. The monoisotopic (exact) mass is 368 g/mol. The molecule has 3 aromatic rings. The van der Waals surface area contributed by atoms with Crippen LogP contribution in [0.4, 0.5) is 0 Å². The van der Waals surface area contributed by atoms with Crippen LogP contribution in [0.15, 0.2) is 48.0 Å². The molecule has 0 saturated carbocycles. The Morgan fingerprint density at radius 3 is 2.77 bits per heavy atom. The highest BCUT2D eigenvalue weighted by molar-refractivity contribution is 7.13. The van der Waals surface area contributed by atoms with E-state index in [1.54, 1.807) is 17.4 Å². The summed E-state index contributed by atoms with van der Waals surface area (Å²) in [6, 6.07) is 11.3. The summed E-state index contributed by atoms with van der Waals surface area (Å²) in [5.74, 6) is -0.510. The summed E-state index contributed by atoms with van der Waals surface area (Å²) in [5, 5.41) is 18.6. The van der Waals surface area contributed by atoms with Gasteiger partial charge >= 0.3 is 0 Å². The Hall–Kier alpha value is -2.77. The van der Waals surface area contributed by atoms with Gasteiger partial charge in [0, 0.05) is 36.8 Å². The van der Waals surface area contributed by atoms with Crippen LogP contribution in [0.3, 0.4) is 0 Å². The summed E-state index contributed by atoms with van der Waals surface area (Å²) < 4.78 is 0. The second-order valence-electron chi connectivity index (χ2n) is 5.81. The molecule has 0 aliphatic carbocycles. The van der Waals surface area contributed by atoms with E-state index >= 15 is 0 Å². The zero-order valence-electron chi connectivity index (χ0n) is 14.4. The number of thiazole rings is 1. The van der Waals surface area contributed by atoms with E-state index < -0.39 is 0 Å². The molecule has 2 aromatic heterocycles. The zero-order valence-corrected chi connectivity index (χ0v) is 15.2. The molecule has 6 nitrogen and oxygen atoms in total. The van der Waals surface area contributed by atoms with Gasteiger partial charge in [-0.2, -0.15) is 0 Å². The van der Waals surface area contributed by atoms with E-state index in [2.05, 4.69) is 51.8 Å². The number of amides is 1. The smallest absolute Gasteiger partial charge is 0.273 e. The van der Waals surface area contributed by atoms with Crippen LogP contribution >= 0.6 is 11.3 Å². The maximum absolute atomic E-state index is 11.9. The summed E-state index contributed by atoms with van der Waals surface area (Å²) in [5.41, 5.74) is 3.36. The van der Waals surface area contributed by atoms with Crippen molar-refractivity contribution in [1.82, 2.24) is 20.6 Å². The number of hydrogen-bond acceptors (Lipinski definition) is 6. The molecule has 0 fully saturated rings. The Balaban J connectivity index is 1.42. The van der Waals surface area contributed by atoms with Crippen LogP contribution in [-0.2, 0) is 6.54 Å². The second-order valence-corrected chi connectivity index (χ2v) is 6.67. The average molecular weight is 368 g/mol. The molecule has 0 aliphatic rings. The Kier molecular flexibility index (Phi) is 5.93. The molecule has 0 saturated heterocycles. The first kappa shape index (κ1) is 18.0. The number of aromatic nitrogens is 2. The molecule has 0 atom stereocenters. The Bertz CT molecular complexity index is 877. The van der Waals surface area contributed by atoms with E-state index in [9.17, 15) is 9.90 Å².